The second kappa shape index (κ2) is 6.55. The number of anilines is 1. The van der Waals surface area contributed by atoms with Crippen molar-refractivity contribution in [1.29, 1.82) is 5.26 Å². The molecule has 0 aliphatic rings. The second-order valence-corrected chi connectivity index (χ2v) is 6.22. The Balaban J connectivity index is 1.98. The molecule has 2 aromatic heterocycles. The third-order valence-electron chi connectivity index (χ3n) is 4.47. The maximum atomic E-state index is 10.0. The van der Waals surface area contributed by atoms with E-state index in [1.807, 2.05) is 36.4 Å². The molecule has 0 fully saturated rings. The van der Waals surface area contributed by atoms with Crippen LogP contribution in [0.5, 0.6) is 0 Å². The lowest BCUT2D eigenvalue weighted by Gasteiger charge is -2.14. The van der Waals surface area contributed by atoms with Crippen molar-refractivity contribution in [2.45, 2.75) is 6.82 Å². The van der Waals surface area contributed by atoms with Crippen molar-refractivity contribution in [3.8, 4) is 22.9 Å². The SMILES string of the molecule is CB(O)c1ccc(-n2nccc2C#N)c(-c2ccc3c(N)cnnc3c2)c1. The van der Waals surface area contributed by atoms with Gasteiger partial charge in [0.2, 0.25) is 0 Å². The molecule has 0 aliphatic carbocycles. The van der Waals surface area contributed by atoms with Gasteiger partial charge in [0.15, 0.2) is 0 Å². The Bertz CT molecular complexity index is 1190. The Kier molecular flexibility index (Phi) is 4.07. The minimum atomic E-state index is -0.623. The van der Waals surface area contributed by atoms with E-state index in [1.54, 1.807) is 23.8 Å². The van der Waals surface area contributed by atoms with E-state index in [0.717, 1.165) is 27.7 Å². The summed E-state index contributed by atoms with van der Waals surface area (Å²) in [5, 5.41) is 32.5. The maximum absolute atomic E-state index is 10.0. The van der Waals surface area contributed by atoms with Crippen LogP contribution in [-0.2, 0) is 0 Å². The van der Waals surface area contributed by atoms with Gasteiger partial charge in [0.25, 0.3) is 0 Å². The van der Waals surface area contributed by atoms with Crippen molar-refractivity contribution in [3.05, 3.63) is 60.6 Å². The van der Waals surface area contributed by atoms with E-state index >= 15 is 0 Å². The van der Waals surface area contributed by atoms with E-state index in [1.165, 1.54) is 6.20 Å². The quantitative estimate of drug-likeness (QED) is 0.542. The predicted molar refractivity (Wildman–Crippen MR) is 105 cm³/mol. The van der Waals surface area contributed by atoms with Gasteiger partial charge < -0.3 is 10.8 Å². The Labute approximate surface area is 155 Å². The molecule has 4 aromatic rings. The summed E-state index contributed by atoms with van der Waals surface area (Å²) in [5.41, 5.74) is 10.8. The zero-order chi connectivity index (χ0) is 19.0. The fourth-order valence-corrected chi connectivity index (χ4v) is 3.06. The summed E-state index contributed by atoms with van der Waals surface area (Å²) in [6, 6.07) is 15.1. The number of nitrogen functional groups attached to an aromatic ring is 1. The molecule has 27 heavy (non-hydrogen) atoms. The third kappa shape index (κ3) is 2.90. The van der Waals surface area contributed by atoms with Gasteiger partial charge in [0, 0.05) is 10.9 Å². The lowest BCUT2D eigenvalue weighted by molar-refractivity contribution is 0.594. The number of nitrogens with zero attached hydrogens (tertiary/aromatic N) is 5. The van der Waals surface area contributed by atoms with Gasteiger partial charge in [-0.3, -0.25) is 0 Å². The van der Waals surface area contributed by atoms with E-state index in [2.05, 4.69) is 21.4 Å². The van der Waals surface area contributed by atoms with Crippen molar-refractivity contribution in [3.63, 3.8) is 0 Å². The van der Waals surface area contributed by atoms with Crippen molar-refractivity contribution >= 4 is 29.0 Å². The summed E-state index contributed by atoms with van der Waals surface area (Å²) < 4.78 is 1.58. The maximum Gasteiger partial charge on any atom is 0.320 e. The first kappa shape index (κ1) is 16.8. The number of hydrogen-bond donors (Lipinski definition) is 2. The second-order valence-electron chi connectivity index (χ2n) is 6.22. The topological polar surface area (TPSA) is 114 Å². The van der Waals surface area contributed by atoms with Gasteiger partial charge in [-0.25, -0.2) is 4.68 Å². The average molecular weight is 354 g/mol. The molecule has 4 rings (SSSR count). The first-order chi connectivity index (χ1) is 13.1. The normalized spacial score (nSPS) is 10.7. The molecule has 130 valence electrons. The summed E-state index contributed by atoms with van der Waals surface area (Å²) >= 11 is 0. The molecule has 8 heteroatoms. The third-order valence-corrected chi connectivity index (χ3v) is 4.47. The highest BCUT2D eigenvalue weighted by Gasteiger charge is 2.16. The van der Waals surface area contributed by atoms with Crippen LogP contribution < -0.4 is 11.2 Å². The standard InChI is InChI=1S/C19H15BN6O/c1-20(27)13-3-5-19(26-14(10-21)6-7-24-26)16(9-13)12-2-4-15-17(22)11-23-25-18(15)8-12/h2-9,11,27H,1H3,(H2,22,25). The van der Waals surface area contributed by atoms with Gasteiger partial charge in [0.1, 0.15) is 11.8 Å². The zero-order valence-electron chi connectivity index (χ0n) is 14.5. The molecule has 0 spiro atoms. The fraction of sp³-hybridized carbons (Fsp3) is 0.0526. The number of nitriles is 1. The summed E-state index contributed by atoms with van der Waals surface area (Å²) in [6.45, 7) is 1.08. The molecule has 0 aliphatic heterocycles. The van der Waals surface area contributed by atoms with E-state index in [9.17, 15) is 10.3 Å². The molecular weight excluding hydrogens is 339 g/mol. The fourth-order valence-electron chi connectivity index (χ4n) is 3.06. The van der Waals surface area contributed by atoms with Crippen LogP contribution >= 0.6 is 0 Å². The van der Waals surface area contributed by atoms with Crippen LogP contribution in [0.25, 0.3) is 27.7 Å². The predicted octanol–water partition coefficient (Wildman–Crippen LogP) is 1.76. The van der Waals surface area contributed by atoms with Crippen molar-refractivity contribution in [2.75, 3.05) is 5.73 Å². The monoisotopic (exact) mass is 354 g/mol. The highest BCUT2D eigenvalue weighted by atomic mass is 16.2. The molecule has 0 bridgehead atoms. The Morgan fingerprint density at radius 2 is 2.04 bits per heavy atom. The van der Waals surface area contributed by atoms with Gasteiger partial charge in [-0.05, 0) is 35.3 Å². The summed E-state index contributed by atoms with van der Waals surface area (Å²) in [7, 11) is 0. The molecule has 2 heterocycles. The zero-order valence-corrected chi connectivity index (χ0v) is 14.5. The minimum Gasteiger partial charge on any atom is -0.447 e. The van der Waals surface area contributed by atoms with Crippen molar-refractivity contribution in [1.82, 2.24) is 20.0 Å². The highest BCUT2D eigenvalue weighted by molar-refractivity contribution is 6.64. The van der Waals surface area contributed by atoms with Crippen LogP contribution in [0.3, 0.4) is 0 Å². The number of fused-ring (bicyclic) bond motifs is 1. The molecular formula is C19H15BN6O. The number of benzene rings is 2. The van der Waals surface area contributed by atoms with E-state index in [0.29, 0.717) is 16.9 Å². The molecule has 7 nitrogen and oxygen atoms in total. The molecule has 0 amide bonds. The summed E-state index contributed by atoms with van der Waals surface area (Å²) in [6.07, 6.45) is 3.10. The first-order valence-electron chi connectivity index (χ1n) is 8.36. The molecule has 0 unspecified atom stereocenters. The van der Waals surface area contributed by atoms with E-state index in [4.69, 9.17) is 5.73 Å². The van der Waals surface area contributed by atoms with Crippen LogP contribution in [0.15, 0.2) is 54.9 Å². The summed E-state index contributed by atoms with van der Waals surface area (Å²) in [5.74, 6) is 0. The van der Waals surface area contributed by atoms with Gasteiger partial charge in [-0.1, -0.05) is 25.0 Å². The Hall–Kier alpha value is -3.70. The smallest absolute Gasteiger partial charge is 0.320 e. The van der Waals surface area contributed by atoms with Gasteiger partial charge in [-0.2, -0.15) is 20.6 Å². The van der Waals surface area contributed by atoms with Gasteiger partial charge in [-0.15, -0.1) is 0 Å². The van der Waals surface area contributed by atoms with E-state index in [-0.39, 0.29) is 0 Å². The average Bonchev–Trinajstić information content (AvgIpc) is 3.16. The molecule has 0 radical (unpaired) electrons. The number of aromatic nitrogens is 4. The van der Waals surface area contributed by atoms with E-state index < -0.39 is 6.92 Å². The van der Waals surface area contributed by atoms with Crippen LogP contribution in [0.4, 0.5) is 5.69 Å². The lowest BCUT2D eigenvalue weighted by atomic mass is 9.64. The molecule has 0 atom stereocenters. The number of hydrogen-bond acceptors (Lipinski definition) is 6. The number of rotatable bonds is 3. The lowest BCUT2D eigenvalue weighted by Crippen LogP contribution is -2.26. The molecule has 3 N–H and O–H groups in total. The molecule has 0 saturated carbocycles. The van der Waals surface area contributed by atoms with Crippen LogP contribution in [0.1, 0.15) is 5.69 Å². The molecule has 0 saturated heterocycles. The van der Waals surface area contributed by atoms with Crippen molar-refractivity contribution < 1.29 is 5.02 Å². The summed E-state index contributed by atoms with van der Waals surface area (Å²) in [4.78, 5) is 0. The number of nitrogens with two attached hydrogens (primary N) is 1. The van der Waals surface area contributed by atoms with Crippen LogP contribution in [0.2, 0.25) is 6.82 Å². The van der Waals surface area contributed by atoms with Crippen LogP contribution in [0, 0.1) is 11.3 Å². The minimum absolute atomic E-state index is 0.422. The van der Waals surface area contributed by atoms with Gasteiger partial charge in [0.05, 0.1) is 29.3 Å². The Morgan fingerprint density at radius 3 is 2.81 bits per heavy atom. The van der Waals surface area contributed by atoms with Crippen LogP contribution in [-0.4, -0.2) is 31.9 Å². The Morgan fingerprint density at radius 1 is 1.19 bits per heavy atom. The highest BCUT2D eigenvalue weighted by Crippen LogP contribution is 2.30. The molecule has 2 aromatic carbocycles. The largest absolute Gasteiger partial charge is 0.447 e. The van der Waals surface area contributed by atoms with Crippen molar-refractivity contribution in [2.24, 2.45) is 0 Å². The van der Waals surface area contributed by atoms with Gasteiger partial charge >= 0.3 is 6.92 Å². The first-order valence-corrected chi connectivity index (χ1v) is 8.36.